The van der Waals surface area contributed by atoms with Gasteiger partial charge in [0.1, 0.15) is 12.4 Å². The van der Waals surface area contributed by atoms with Gasteiger partial charge in [-0.15, -0.1) is 0 Å². The zero-order valence-electron chi connectivity index (χ0n) is 15.4. The molecule has 144 valence electrons. The summed E-state index contributed by atoms with van der Waals surface area (Å²) in [7, 11) is 0. The number of ether oxygens (including phenoxy) is 3. The number of rotatable bonds is 7. The number of piperidine rings is 1. The van der Waals surface area contributed by atoms with Crippen LogP contribution in [-0.4, -0.2) is 49.1 Å². The van der Waals surface area contributed by atoms with Crippen LogP contribution in [0.15, 0.2) is 42.5 Å². The predicted molar refractivity (Wildman–Crippen MR) is 104 cm³/mol. The van der Waals surface area contributed by atoms with Crippen LogP contribution in [0.3, 0.4) is 0 Å². The van der Waals surface area contributed by atoms with Crippen LogP contribution in [0, 0.1) is 0 Å². The van der Waals surface area contributed by atoms with E-state index in [0.717, 1.165) is 42.6 Å². The van der Waals surface area contributed by atoms with Crippen molar-refractivity contribution in [2.24, 2.45) is 0 Å². The fourth-order valence-electron chi connectivity index (χ4n) is 3.65. The Morgan fingerprint density at radius 1 is 1.11 bits per heavy atom. The van der Waals surface area contributed by atoms with Crippen LogP contribution in [0.2, 0.25) is 0 Å². The molecule has 0 bridgehead atoms. The van der Waals surface area contributed by atoms with Gasteiger partial charge < -0.3 is 24.6 Å². The van der Waals surface area contributed by atoms with Gasteiger partial charge in [-0.3, -0.25) is 4.90 Å². The van der Waals surface area contributed by atoms with E-state index in [0.29, 0.717) is 19.4 Å². The van der Waals surface area contributed by atoms with Crippen molar-refractivity contribution in [3.63, 3.8) is 0 Å². The lowest BCUT2D eigenvalue weighted by Gasteiger charge is -2.33. The minimum absolute atomic E-state index is 0.0350. The standard InChI is InChI=1S/C21H26N2O4/c24-10-11-25-19-6-3-16(4-7-19)13-23-9-1-2-18(14-23)22-17-5-8-20-21(12-17)27-15-26-20/h3-8,12,18,22,24H,1-2,9-11,13-15H2. The van der Waals surface area contributed by atoms with E-state index in [1.807, 2.05) is 24.3 Å². The van der Waals surface area contributed by atoms with Gasteiger partial charge in [0.05, 0.1) is 6.61 Å². The SMILES string of the molecule is OCCOc1ccc(CN2CCCC(Nc3ccc4c(c3)OCO4)C2)cc1. The number of nitrogens with one attached hydrogen (secondary N) is 1. The number of fused-ring (bicyclic) bond motifs is 1. The van der Waals surface area contributed by atoms with E-state index >= 15 is 0 Å². The molecule has 0 amide bonds. The summed E-state index contributed by atoms with van der Waals surface area (Å²) in [5.74, 6) is 2.43. The molecular formula is C21H26N2O4. The average molecular weight is 370 g/mol. The Hall–Kier alpha value is -2.44. The first-order chi connectivity index (χ1) is 13.3. The van der Waals surface area contributed by atoms with Crippen molar-refractivity contribution in [2.75, 3.05) is 38.4 Å². The topological polar surface area (TPSA) is 63.2 Å². The summed E-state index contributed by atoms with van der Waals surface area (Å²) in [4.78, 5) is 2.48. The molecule has 2 aromatic rings. The quantitative estimate of drug-likeness (QED) is 0.781. The number of aliphatic hydroxyl groups is 1. The van der Waals surface area contributed by atoms with Gasteiger partial charge in [0.15, 0.2) is 11.5 Å². The maximum atomic E-state index is 8.82. The molecule has 2 heterocycles. The molecule has 1 atom stereocenters. The fraction of sp³-hybridized carbons (Fsp3) is 0.429. The highest BCUT2D eigenvalue weighted by Crippen LogP contribution is 2.34. The van der Waals surface area contributed by atoms with Crippen LogP contribution < -0.4 is 19.5 Å². The predicted octanol–water partition coefficient (Wildman–Crippen LogP) is 2.86. The van der Waals surface area contributed by atoms with Crippen molar-refractivity contribution in [3.8, 4) is 17.2 Å². The number of likely N-dealkylation sites (tertiary alicyclic amines) is 1. The number of benzene rings is 2. The monoisotopic (exact) mass is 370 g/mol. The highest BCUT2D eigenvalue weighted by atomic mass is 16.7. The van der Waals surface area contributed by atoms with Gasteiger partial charge in [0.2, 0.25) is 6.79 Å². The molecule has 2 aliphatic heterocycles. The van der Waals surface area contributed by atoms with Gasteiger partial charge in [-0.25, -0.2) is 0 Å². The number of hydrogen-bond acceptors (Lipinski definition) is 6. The molecule has 0 radical (unpaired) electrons. The summed E-state index contributed by atoms with van der Waals surface area (Å²) >= 11 is 0. The molecule has 1 saturated heterocycles. The highest BCUT2D eigenvalue weighted by molar-refractivity contribution is 5.56. The molecule has 27 heavy (non-hydrogen) atoms. The third-order valence-corrected chi connectivity index (χ3v) is 4.94. The summed E-state index contributed by atoms with van der Waals surface area (Å²) in [6.45, 7) is 3.73. The molecule has 0 aliphatic carbocycles. The Morgan fingerprint density at radius 3 is 2.81 bits per heavy atom. The number of anilines is 1. The zero-order valence-corrected chi connectivity index (χ0v) is 15.4. The average Bonchev–Trinajstić information content (AvgIpc) is 3.16. The first-order valence-electron chi connectivity index (χ1n) is 9.51. The lowest BCUT2D eigenvalue weighted by atomic mass is 10.0. The van der Waals surface area contributed by atoms with Gasteiger partial charge in [-0.05, 0) is 49.2 Å². The minimum atomic E-state index is 0.0350. The van der Waals surface area contributed by atoms with Crippen molar-refractivity contribution in [2.45, 2.75) is 25.4 Å². The number of aliphatic hydroxyl groups excluding tert-OH is 1. The molecule has 4 rings (SSSR count). The van der Waals surface area contributed by atoms with Crippen molar-refractivity contribution in [3.05, 3.63) is 48.0 Å². The molecule has 1 unspecified atom stereocenters. The summed E-state index contributed by atoms with van der Waals surface area (Å²) in [5, 5.41) is 12.5. The molecule has 2 aliphatic rings. The zero-order chi connectivity index (χ0) is 18.5. The van der Waals surface area contributed by atoms with Crippen LogP contribution in [0.4, 0.5) is 5.69 Å². The molecule has 2 aromatic carbocycles. The van der Waals surface area contributed by atoms with Crippen LogP contribution in [0.1, 0.15) is 18.4 Å². The van der Waals surface area contributed by atoms with Crippen LogP contribution >= 0.6 is 0 Å². The van der Waals surface area contributed by atoms with Crippen molar-refractivity contribution in [1.29, 1.82) is 0 Å². The number of nitrogens with zero attached hydrogens (tertiary/aromatic N) is 1. The van der Waals surface area contributed by atoms with Crippen molar-refractivity contribution >= 4 is 5.69 Å². The molecular weight excluding hydrogens is 344 g/mol. The van der Waals surface area contributed by atoms with E-state index in [9.17, 15) is 0 Å². The Kier molecular flexibility index (Phi) is 5.65. The second kappa shape index (κ2) is 8.50. The smallest absolute Gasteiger partial charge is 0.231 e. The van der Waals surface area contributed by atoms with Crippen LogP contribution in [0.5, 0.6) is 17.2 Å². The van der Waals surface area contributed by atoms with E-state index in [-0.39, 0.29) is 6.61 Å². The fourth-order valence-corrected chi connectivity index (χ4v) is 3.65. The lowest BCUT2D eigenvalue weighted by molar-refractivity contribution is 0.174. The Labute approximate surface area is 159 Å². The second-order valence-corrected chi connectivity index (χ2v) is 7.00. The summed E-state index contributed by atoms with van der Waals surface area (Å²) in [5.41, 5.74) is 2.35. The maximum Gasteiger partial charge on any atom is 0.231 e. The van der Waals surface area contributed by atoms with Gasteiger partial charge in [0.25, 0.3) is 0 Å². The first-order valence-corrected chi connectivity index (χ1v) is 9.51. The highest BCUT2D eigenvalue weighted by Gasteiger charge is 2.21. The second-order valence-electron chi connectivity index (χ2n) is 7.00. The van der Waals surface area contributed by atoms with E-state index in [2.05, 4.69) is 28.4 Å². The van der Waals surface area contributed by atoms with E-state index in [4.69, 9.17) is 19.3 Å². The van der Waals surface area contributed by atoms with E-state index in [1.165, 1.54) is 18.4 Å². The summed E-state index contributed by atoms with van der Waals surface area (Å²) in [6.07, 6.45) is 2.35. The normalized spacial score (nSPS) is 19.1. The Balaban J connectivity index is 1.31. The van der Waals surface area contributed by atoms with Crippen LogP contribution in [-0.2, 0) is 6.54 Å². The molecule has 6 nitrogen and oxygen atoms in total. The minimum Gasteiger partial charge on any atom is -0.491 e. The molecule has 0 aromatic heterocycles. The van der Waals surface area contributed by atoms with Gasteiger partial charge in [-0.1, -0.05) is 12.1 Å². The Morgan fingerprint density at radius 2 is 1.96 bits per heavy atom. The van der Waals surface area contributed by atoms with Gasteiger partial charge >= 0.3 is 0 Å². The van der Waals surface area contributed by atoms with Crippen LogP contribution in [0.25, 0.3) is 0 Å². The first kappa shape index (κ1) is 17.9. The molecule has 2 N–H and O–H groups in total. The molecule has 6 heteroatoms. The largest absolute Gasteiger partial charge is 0.491 e. The lowest BCUT2D eigenvalue weighted by Crippen LogP contribution is -2.41. The summed E-state index contributed by atoms with van der Waals surface area (Å²) < 4.78 is 16.3. The van der Waals surface area contributed by atoms with Gasteiger partial charge in [-0.2, -0.15) is 0 Å². The third-order valence-electron chi connectivity index (χ3n) is 4.94. The molecule has 0 spiro atoms. The van der Waals surface area contributed by atoms with Gasteiger partial charge in [0, 0.05) is 30.9 Å². The van der Waals surface area contributed by atoms with E-state index in [1.54, 1.807) is 0 Å². The van der Waals surface area contributed by atoms with E-state index < -0.39 is 0 Å². The Bertz CT molecular complexity index is 750. The van der Waals surface area contributed by atoms with Crippen molar-refractivity contribution in [1.82, 2.24) is 4.90 Å². The summed E-state index contributed by atoms with van der Waals surface area (Å²) in [6, 6.07) is 14.6. The third kappa shape index (κ3) is 4.64. The molecule has 0 saturated carbocycles. The number of hydrogen-bond donors (Lipinski definition) is 2. The maximum absolute atomic E-state index is 8.82. The molecule has 1 fully saturated rings. The van der Waals surface area contributed by atoms with Crippen molar-refractivity contribution < 1.29 is 19.3 Å².